The molecule has 0 saturated heterocycles. The first-order valence-corrected chi connectivity index (χ1v) is 4.79. The van der Waals surface area contributed by atoms with Crippen molar-refractivity contribution in [2.24, 2.45) is 10.9 Å². The van der Waals surface area contributed by atoms with Crippen LogP contribution in [0.4, 0.5) is 0 Å². The maximum absolute atomic E-state index is 11.8. The Bertz CT molecular complexity index is 373. The summed E-state index contributed by atoms with van der Waals surface area (Å²) in [6, 6.07) is 1.43. The van der Waals surface area contributed by atoms with E-state index in [1.54, 1.807) is 13.1 Å². The molecule has 1 amide bonds. The van der Waals surface area contributed by atoms with Gasteiger partial charge in [-0.05, 0) is 13.0 Å². The zero-order valence-electron chi connectivity index (χ0n) is 9.21. The smallest absolute Gasteiger partial charge is 0.271 e. The number of amidine groups is 1. The average Bonchev–Trinajstić information content (AvgIpc) is 2.80. The Kier molecular flexibility index (Phi) is 3.87. The van der Waals surface area contributed by atoms with Gasteiger partial charge in [0.05, 0.1) is 0 Å². The normalized spacial score (nSPS) is 13.5. The van der Waals surface area contributed by atoms with E-state index in [2.05, 4.69) is 15.4 Å². The number of nitrogens with zero attached hydrogens (tertiary/aromatic N) is 3. The summed E-state index contributed by atoms with van der Waals surface area (Å²) in [5, 5.41) is 17.6. The Hall–Kier alpha value is -2.05. The minimum absolute atomic E-state index is 0.0942. The fraction of sp³-hybridized carbons (Fsp3) is 0.444. The number of nitrogens with one attached hydrogen (secondary N) is 1. The quantitative estimate of drug-likeness (QED) is 0.290. The molecule has 7 nitrogen and oxygen atoms in total. The summed E-state index contributed by atoms with van der Waals surface area (Å²) in [7, 11) is 1.65. The van der Waals surface area contributed by atoms with E-state index in [-0.39, 0.29) is 17.8 Å². The van der Waals surface area contributed by atoms with Gasteiger partial charge >= 0.3 is 0 Å². The summed E-state index contributed by atoms with van der Waals surface area (Å²) >= 11 is 0. The summed E-state index contributed by atoms with van der Waals surface area (Å²) in [5.74, 6) is -0.0903. The van der Waals surface area contributed by atoms with Gasteiger partial charge in [-0.1, -0.05) is 5.16 Å². The molecule has 1 heterocycles. The first-order chi connectivity index (χ1) is 7.56. The van der Waals surface area contributed by atoms with Crippen molar-refractivity contribution in [2.45, 2.75) is 19.4 Å². The first kappa shape index (κ1) is 12.0. The molecule has 1 aromatic rings. The van der Waals surface area contributed by atoms with Crippen molar-refractivity contribution in [2.75, 3.05) is 7.05 Å². The van der Waals surface area contributed by atoms with Gasteiger partial charge in [-0.25, -0.2) is 0 Å². The van der Waals surface area contributed by atoms with Crippen LogP contribution in [0.25, 0.3) is 0 Å². The zero-order valence-corrected chi connectivity index (χ0v) is 9.21. The molecule has 1 aromatic heterocycles. The maximum Gasteiger partial charge on any atom is 0.271 e. The fourth-order valence-corrected chi connectivity index (χ4v) is 1.25. The van der Waals surface area contributed by atoms with Crippen molar-refractivity contribution in [3.8, 4) is 0 Å². The highest BCUT2D eigenvalue weighted by molar-refractivity contribution is 5.92. The predicted molar refractivity (Wildman–Crippen MR) is 58.2 cm³/mol. The van der Waals surface area contributed by atoms with E-state index in [4.69, 9.17) is 10.9 Å². The van der Waals surface area contributed by atoms with E-state index in [0.717, 1.165) is 0 Å². The predicted octanol–water partition coefficient (Wildman–Crippen LogP) is 0.00670. The molecule has 88 valence electrons. The topological polar surface area (TPSA) is 108 Å². The van der Waals surface area contributed by atoms with Crippen LogP contribution in [0, 0.1) is 0 Å². The Labute approximate surface area is 92.9 Å². The Morgan fingerprint density at radius 1 is 1.81 bits per heavy atom. The van der Waals surface area contributed by atoms with Crippen molar-refractivity contribution < 1.29 is 10.0 Å². The van der Waals surface area contributed by atoms with Crippen molar-refractivity contribution >= 4 is 11.7 Å². The molecular weight excluding hydrogens is 210 g/mol. The maximum atomic E-state index is 11.8. The van der Waals surface area contributed by atoms with Gasteiger partial charge in [0.2, 0.25) is 0 Å². The van der Waals surface area contributed by atoms with Gasteiger partial charge in [0.1, 0.15) is 11.5 Å². The summed E-state index contributed by atoms with van der Waals surface area (Å²) in [5.41, 5.74) is 5.78. The van der Waals surface area contributed by atoms with Crippen LogP contribution in [0.5, 0.6) is 0 Å². The highest BCUT2D eigenvalue weighted by Crippen LogP contribution is 2.06. The number of hydrogen-bond donors (Lipinski definition) is 3. The highest BCUT2D eigenvalue weighted by atomic mass is 16.4. The van der Waals surface area contributed by atoms with Crippen LogP contribution in [0.15, 0.2) is 17.4 Å². The molecule has 1 atom stereocenters. The molecule has 0 bridgehead atoms. The standard InChI is InChI=1S/C9H15N5O2/c1-6(5-8(10)13-16)14(2)9(15)7-3-4-11-12-7/h3-4,6,16H,5H2,1-2H3,(H2,10,13)(H,11,12). The van der Waals surface area contributed by atoms with E-state index >= 15 is 0 Å². The lowest BCUT2D eigenvalue weighted by Gasteiger charge is -2.23. The Morgan fingerprint density at radius 3 is 3.00 bits per heavy atom. The zero-order chi connectivity index (χ0) is 12.1. The molecule has 0 aliphatic carbocycles. The largest absolute Gasteiger partial charge is 0.409 e. The minimum Gasteiger partial charge on any atom is -0.409 e. The molecule has 4 N–H and O–H groups in total. The lowest BCUT2D eigenvalue weighted by molar-refractivity contribution is 0.0741. The number of aromatic amines is 1. The molecule has 0 fully saturated rings. The van der Waals surface area contributed by atoms with Gasteiger partial charge in [0.15, 0.2) is 0 Å². The van der Waals surface area contributed by atoms with Crippen molar-refractivity contribution in [3.05, 3.63) is 18.0 Å². The number of amides is 1. The van der Waals surface area contributed by atoms with Crippen LogP contribution >= 0.6 is 0 Å². The van der Waals surface area contributed by atoms with Crippen LogP contribution < -0.4 is 5.73 Å². The second kappa shape index (κ2) is 5.15. The number of H-pyrrole nitrogens is 1. The molecule has 0 aliphatic rings. The van der Waals surface area contributed by atoms with Gasteiger partial charge < -0.3 is 15.8 Å². The van der Waals surface area contributed by atoms with Gasteiger partial charge in [0.25, 0.3) is 5.91 Å². The third kappa shape index (κ3) is 2.72. The summed E-state index contributed by atoms with van der Waals surface area (Å²) in [6.07, 6.45) is 1.82. The van der Waals surface area contributed by atoms with Crippen LogP contribution in [0.3, 0.4) is 0 Å². The van der Waals surface area contributed by atoms with Crippen molar-refractivity contribution in [3.63, 3.8) is 0 Å². The van der Waals surface area contributed by atoms with Crippen molar-refractivity contribution in [1.82, 2.24) is 15.1 Å². The third-order valence-corrected chi connectivity index (χ3v) is 2.35. The van der Waals surface area contributed by atoms with Crippen LogP contribution in [0.2, 0.25) is 0 Å². The average molecular weight is 225 g/mol. The molecule has 0 aromatic carbocycles. The van der Waals surface area contributed by atoms with Crippen molar-refractivity contribution in [1.29, 1.82) is 0 Å². The molecule has 1 unspecified atom stereocenters. The monoisotopic (exact) mass is 225 g/mol. The van der Waals surface area contributed by atoms with Crippen LogP contribution in [-0.4, -0.2) is 45.1 Å². The second-order valence-electron chi connectivity index (χ2n) is 3.53. The highest BCUT2D eigenvalue weighted by Gasteiger charge is 2.19. The van der Waals surface area contributed by atoms with Gasteiger partial charge in [-0.2, -0.15) is 5.10 Å². The Morgan fingerprint density at radius 2 is 2.50 bits per heavy atom. The lowest BCUT2D eigenvalue weighted by atomic mass is 10.2. The number of rotatable bonds is 4. The third-order valence-electron chi connectivity index (χ3n) is 2.35. The fourth-order valence-electron chi connectivity index (χ4n) is 1.25. The van der Waals surface area contributed by atoms with Crippen LogP contribution in [0.1, 0.15) is 23.8 Å². The summed E-state index contributed by atoms with van der Waals surface area (Å²) in [6.45, 7) is 1.81. The molecule has 0 spiro atoms. The van der Waals surface area contributed by atoms with Gasteiger partial charge in [-0.3, -0.25) is 9.89 Å². The molecular formula is C9H15N5O2. The summed E-state index contributed by atoms with van der Waals surface area (Å²) < 4.78 is 0. The SMILES string of the molecule is CC(CC(N)=NO)N(C)C(=O)c1ccn[nH]1. The van der Waals surface area contributed by atoms with E-state index in [1.165, 1.54) is 11.1 Å². The number of carbonyl (C=O) groups excluding carboxylic acids is 1. The second-order valence-corrected chi connectivity index (χ2v) is 3.53. The minimum atomic E-state index is -0.185. The first-order valence-electron chi connectivity index (χ1n) is 4.79. The van der Waals surface area contributed by atoms with E-state index < -0.39 is 0 Å². The molecule has 16 heavy (non-hydrogen) atoms. The Balaban J connectivity index is 2.64. The number of aromatic nitrogens is 2. The molecule has 0 aliphatic heterocycles. The van der Waals surface area contributed by atoms with Gasteiger partial charge in [-0.15, -0.1) is 0 Å². The van der Waals surface area contributed by atoms with Crippen LogP contribution in [-0.2, 0) is 0 Å². The van der Waals surface area contributed by atoms with E-state index in [9.17, 15) is 4.79 Å². The molecule has 7 heteroatoms. The van der Waals surface area contributed by atoms with Gasteiger partial charge in [0, 0.05) is 25.7 Å². The summed E-state index contributed by atoms with van der Waals surface area (Å²) in [4.78, 5) is 13.3. The van der Waals surface area contributed by atoms with E-state index in [0.29, 0.717) is 12.1 Å². The molecule has 1 rings (SSSR count). The number of oxime groups is 1. The number of carbonyl (C=O) groups is 1. The number of nitrogens with two attached hydrogens (primary N) is 1. The lowest BCUT2D eigenvalue weighted by Crippen LogP contribution is -2.38. The molecule has 0 radical (unpaired) electrons. The molecule has 0 saturated carbocycles. The number of hydrogen-bond acceptors (Lipinski definition) is 4. The van der Waals surface area contributed by atoms with E-state index in [1.807, 2.05) is 6.92 Å².